The number of ether oxygens (including phenoxy) is 1. The van der Waals surface area contributed by atoms with Gasteiger partial charge in [-0.3, -0.25) is 4.79 Å². The summed E-state index contributed by atoms with van der Waals surface area (Å²) in [6, 6.07) is 12.9. The van der Waals surface area contributed by atoms with Gasteiger partial charge in [-0.25, -0.2) is 12.7 Å². The van der Waals surface area contributed by atoms with E-state index in [-0.39, 0.29) is 11.4 Å². The molecule has 2 heterocycles. The maximum Gasteiger partial charge on any atom is 0.269 e. The predicted octanol–water partition coefficient (Wildman–Crippen LogP) is 3.28. The summed E-state index contributed by atoms with van der Waals surface area (Å²) in [5, 5.41) is 0. The van der Waals surface area contributed by atoms with Crippen LogP contribution >= 0.6 is 0 Å². The molecule has 0 radical (unpaired) electrons. The van der Waals surface area contributed by atoms with Crippen LogP contribution in [0, 0.1) is 5.92 Å². The van der Waals surface area contributed by atoms with Gasteiger partial charge in [0.25, 0.3) is 15.9 Å². The minimum atomic E-state index is -3.69. The number of methoxy groups -OCH3 is 1. The molecule has 1 aliphatic carbocycles. The maximum absolute atomic E-state index is 12.7. The molecule has 7 heteroatoms. The predicted molar refractivity (Wildman–Crippen MR) is 118 cm³/mol. The van der Waals surface area contributed by atoms with Gasteiger partial charge in [-0.1, -0.05) is 24.3 Å². The molecule has 3 aliphatic rings. The van der Waals surface area contributed by atoms with Crippen LogP contribution < -0.4 is 4.74 Å². The van der Waals surface area contributed by atoms with Gasteiger partial charge in [0.05, 0.1) is 12.7 Å². The molecule has 1 saturated heterocycles. The molecule has 0 saturated carbocycles. The number of hydrogen-bond acceptors (Lipinski definition) is 5. The number of likely N-dealkylation sites (tertiary alicyclic amines) is 1. The van der Waals surface area contributed by atoms with Gasteiger partial charge in [-0.2, -0.15) is 0 Å². The molecule has 0 bridgehead atoms. The lowest BCUT2D eigenvalue weighted by Crippen LogP contribution is -2.39. The lowest BCUT2D eigenvalue weighted by Gasteiger charge is -2.35. The Kier molecular flexibility index (Phi) is 5.26. The molecule has 5 rings (SSSR count). The summed E-state index contributed by atoms with van der Waals surface area (Å²) >= 11 is 0. The molecule has 2 atom stereocenters. The van der Waals surface area contributed by atoms with Crippen molar-refractivity contribution in [3.8, 4) is 5.75 Å². The monoisotopic (exact) mass is 440 g/mol. The van der Waals surface area contributed by atoms with E-state index in [1.165, 1.54) is 17.2 Å². The van der Waals surface area contributed by atoms with Crippen LogP contribution in [0.3, 0.4) is 0 Å². The number of amides is 1. The summed E-state index contributed by atoms with van der Waals surface area (Å²) in [6.45, 7) is 3.30. The lowest BCUT2D eigenvalue weighted by atomic mass is 9.85. The Morgan fingerprint density at radius 2 is 1.87 bits per heavy atom. The van der Waals surface area contributed by atoms with Crippen LogP contribution in [0.2, 0.25) is 0 Å². The average Bonchev–Trinajstić information content (AvgIpc) is 3.24. The second kappa shape index (κ2) is 7.95. The SMILES string of the molecule is COc1cccc2c1[C@H]1CCN(CCCCN3C(=O)c4ccccc4S3(=O)=O)C[C@@H]1C2. The Bertz CT molecular complexity index is 1110. The molecule has 2 aromatic carbocycles. The Morgan fingerprint density at radius 1 is 1.06 bits per heavy atom. The van der Waals surface area contributed by atoms with Crippen LogP contribution in [0.1, 0.15) is 46.7 Å². The molecule has 0 N–H and O–H groups in total. The summed E-state index contributed by atoms with van der Waals surface area (Å²) in [4.78, 5) is 15.2. The van der Waals surface area contributed by atoms with E-state index in [1.807, 2.05) is 0 Å². The number of unbranched alkanes of at least 4 members (excludes halogenated alkanes) is 1. The highest BCUT2D eigenvalue weighted by Crippen LogP contribution is 2.47. The van der Waals surface area contributed by atoms with Gasteiger partial charge in [-0.15, -0.1) is 0 Å². The Labute approximate surface area is 183 Å². The largest absolute Gasteiger partial charge is 0.496 e. The maximum atomic E-state index is 12.7. The second-order valence-corrected chi connectivity index (χ2v) is 10.6. The fourth-order valence-electron chi connectivity index (χ4n) is 5.59. The molecule has 1 amide bonds. The Hall–Kier alpha value is -2.38. The number of hydrogen-bond donors (Lipinski definition) is 0. The number of nitrogens with zero attached hydrogens (tertiary/aromatic N) is 2. The van der Waals surface area contributed by atoms with Gasteiger partial charge in [0.1, 0.15) is 10.6 Å². The highest BCUT2D eigenvalue weighted by atomic mass is 32.2. The normalized spacial score (nSPS) is 24.0. The minimum Gasteiger partial charge on any atom is -0.496 e. The van der Waals surface area contributed by atoms with Crippen molar-refractivity contribution in [1.82, 2.24) is 9.21 Å². The van der Waals surface area contributed by atoms with Crippen LogP contribution in [0.15, 0.2) is 47.4 Å². The summed E-state index contributed by atoms with van der Waals surface area (Å²) < 4.78 is 32.0. The minimum absolute atomic E-state index is 0.137. The van der Waals surface area contributed by atoms with E-state index >= 15 is 0 Å². The number of carbonyl (C=O) groups is 1. The van der Waals surface area contributed by atoms with Crippen molar-refractivity contribution in [3.63, 3.8) is 0 Å². The van der Waals surface area contributed by atoms with Crippen molar-refractivity contribution in [2.45, 2.75) is 36.5 Å². The van der Waals surface area contributed by atoms with Crippen molar-refractivity contribution in [2.24, 2.45) is 5.92 Å². The molecule has 0 unspecified atom stereocenters. The number of carbonyl (C=O) groups excluding carboxylic acids is 1. The van der Waals surface area contributed by atoms with E-state index in [2.05, 4.69) is 23.1 Å². The smallest absolute Gasteiger partial charge is 0.269 e. The molecule has 0 aromatic heterocycles. The third kappa shape index (κ3) is 3.44. The molecule has 164 valence electrons. The van der Waals surface area contributed by atoms with Gasteiger partial charge in [0.15, 0.2) is 0 Å². The lowest BCUT2D eigenvalue weighted by molar-refractivity contribution is 0.0867. The van der Waals surface area contributed by atoms with Gasteiger partial charge in [-0.05, 0) is 74.4 Å². The fourth-order valence-corrected chi connectivity index (χ4v) is 7.20. The number of piperidine rings is 1. The molecular formula is C24H28N2O4S. The first kappa shape index (κ1) is 20.5. The third-order valence-corrected chi connectivity index (χ3v) is 8.89. The Morgan fingerprint density at radius 3 is 2.68 bits per heavy atom. The van der Waals surface area contributed by atoms with Gasteiger partial charge in [0, 0.05) is 18.7 Å². The van der Waals surface area contributed by atoms with E-state index < -0.39 is 15.9 Å². The zero-order valence-electron chi connectivity index (χ0n) is 17.8. The van der Waals surface area contributed by atoms with E-state index in [0.717, 1.165) is 49.0 Å². The van der Waals surface area contributed by atoms with Crippen LogP contribution in [0.4, 0.5) is 0 Å². The van der Waals surface area contributed by atoms with Crippen molar-refractivity contribution in [1.29, 1.82) is 0 Å². The third-order valence-electron chi connectivity index (χ3n) is 7.04. The van der Waals surface area contributed by atoms with Crippen molar-refractivity contribution < 1.29 is 17.9 Å². The summed E-state index contributed by atoms with van der Waals surface area (Å²) in [6.07, 6.45) is 3.79. The van der Waals surface area contributed by atoms with Crippen molar-refractivity contribution in [3.05, 3.63) is 59.2 Å². The average molecular weight is 441 g/mol. The van der Waals surface area contributed by atoms with Gasteiger partial charge < -0.3 is 9.64 Å². The standard InChI is InChI=1S/C24H28N2O4S/c1-30-21-9-6-7-17-15-18-16-25(14-11-19(18)23(17)21)12-4-5-13-26-24(27)20-8-2-3-10-22(20)31(26,28)29/h2-3,6-10,18-19H,4-5,11-16H2,1H3/t18-,19-/m0/s1. The Balaban J connectivity index is 1.15. The van der Waals surface area contributed by atoms with E-state index in [4.69, 9.17) is 4.74 Å². The highest BCUT2D eigenvalue weighted by molar-refractivity contribution is 7.90. The first-order valence-corrected chi connectivity index (χ1v) is 12.5. The van der Waals surface area contributed by atoms with Crippen molar-refractivity contribution in [2.75, 3.05) is 33.3 Å². The number of fused-ring (bicyclic) bond motifs is 4. The van der Waals surface area contributed by atoms with Crippen LogP contribution in [0.25, 0.3) is 0 Å². The van der Waals surface area contributed by atoms with Crippen LogP contribution in [0.5, 0.6) is 5.75 Å². The first-order chi connectivity index (χ1) is 15.0. The molecular weight excluding hydrogens is 412 g/mol. The van der Waals surface area contributed by atoms with Crippen LogP contribution in [-0.2, 0) is 16.4 Å². The zero-order valence-corrected chi connectivity index (χ0v) is 18.6. The molecule has 31 heavy (non-hydrogen) atoms. The van der Waals surface area contributed by atoms with E-state index in [1.54, 1.807) is 25.3 Å². The summed E-state index contributed by atoms with van der Waals surface area (Å²) in [5.41, 5.74) is 3.13. The topological polar surface area (TPSA) is 66.9 Å². The van der Waals surface area contributed by atoms with E-state index in [9.17, 15) is 13.2 Å². The summed E-state index contributed by atoms with van der Waals surface area (Å²) in [7, 11) is -1.94. The molecule has 1 fully saturated rings. The molecule has 2 aromatic rings. The number of rotatable bonds is 6. The molecule has 0 spiro atoms. The van der Waals surface area contributed by atoms with E-state index in [0.29, 0.717) is 23.8 Å². The summed E-state index contributed by atoms with van der Waals surface area (Å²) in [5.74, 6) is 1.83. The van der Waals surface area contributed by atoms with Gasteiger partial charge in [0.2, 0.25) is 0 Å². The molecule has 6 nitrogen and oxygen atoms in total. The number of sulfonamides is 1. The number of benzene rings is 2. The quantitative estimate of drug-likeness (QED) is 0.645. The molecule has 2 aliphatic heterocycles. The van der Waals surface area contributed by atoms with Crippen molar-refractivity contribution >= 4 is 15.9 Å². The highest BCUT2D eigenvalue weighted by Gasteiger charge is 2.41. The first-order valence-electron chi connectivity index (χ1n) is 11.0. The van der Waals surface area contributed by atoms with Crippen LogP contribution in [-0.4, -0.2) is 56.8 Å². The zero-order chi connectivity index (χ0) is 21.6. The van der Waals surface area contributed by atoms with Gasteiger partial charge >= 0.3 is 0 Å². The fraction of sp³-hybridized carbons (Fsp3) is 0.458. The second-order valence-electron chi connectivity index (χ2n) is 8.78.